The number of nitrogens with zero attached hydrogens (tertiary/aromatic N) is 3. The molecular weight excluding hydrogens is 528 g/mol. The van der Waals surface area contributed by atoms with Gasteiger partial charge in [0.2, 0.25) is 11.8 Å². The molecule has 39 heavy (non-hydrogen) atoms. The highest BCUT2D eigenvalue weighted by atomic mass is 35.5. The van der Waals surface area contributed by atoms with E-state index in [-0.39, 0.29) is 11.8 Å². The van der Waals surface area contributed by atoms with Gasteiger partial charge in [-0.2, -0.15) is 0 Å². The molecular formula is C31H35ClN4O2S. The number of piperazine rings is 1. The summed E-state index contributed by atoms with van der Waals surface area (Å²) in [6.45, 7) is 9.47. The third-order valence-electron chi connectivity index (χ3n) is 7.52. The standard InChI is InChI=1S/C31H35ClN4O2S/c1-22-10-12-24(13-11-22)21-36-27-8-3-4-9-28(27)39-29(31(36)38)23(2)30(37)33-14-15-34-16-18-35(19-17-34)26-7-5-6-25(32)20-26/h3-13,20,23,29H,14-19,21H2,1-2H3,(H,33,37)/t23-,29-/m1/s1. The Morgan fingerprint density at radius 2 is 1.77 bits per heavy atom. The normalized spacial score (nSPS) is 18.5. The fourth-order valence-corrected chi connectivity index (χ4v) is 6.60. The van der Waals surface area contributed by atoms with Crippen molar-refractivity contribution in [2.24, 2.45) is 5.92 Å². The number of nitrogens with one attached hydrogen (secondary N) is 1. The summed E-state index contributed by atoms with van der Waals surface area (Å²) < 4.78 is 0. The van der Waals surface area contributed by atoms with E-state index in [1.807, 2.05) is 54.3 Å². The van der Waals surface area contributed by atoms with E-state index in [9.17, 15) is 9.59 Å². The second-order valence-electron chi connectivity index (χ2n) is 10.3. The lowest BCUT2D eigenvalue weighted by Gasteiger charge is -2.37. The highest BCUT2D eigenvalue weighted by Crippen LogP contribution is 2.42. The fourth-order valence-electron chi connectivity index (χ4n) is 5.13. The highest BCUT2D eigenvalue weighted by molar-refractivity contribution is 8.01. The van der Waals surface area contributed by atoms with Crippen molar-refractivity contribution in [3.63, 3.8) is 0 Å². The molecule has 3 aromatic carbocycles. The van der Waals surface area contributed by atoms with Crippen molar-refractivity contribution >= 4 is 46.6 Å². The number of amides is 2. The van der Waals surface area contributed by atoms with Crippen LogP contribution in [0.5, 0.6) is 0 Å². The molecule has 0 radical (unpaired) electrons. The van der Waals surface area contributed by atoms with Crippen molar-refractivity contribution in [3.8, 4) is 0 Å². The van der Waals surface area contributed by atoms with E-state index < -0.39 is 11.2 Å². The van der Waals surface area contributed by atoms with Crippen LogP contribution in [-0.4, -0.2) is 61.2 Å². The van der Waals surface area contributed by atoms with E-state index in [0.717, 1.165) is 59.6 Å². The smallest absolute Gasteiger partial charge is 0.241 e. The minimum absolute atomic E-state index is 0.0148. The first kappa shape index (κ1) is 27.6. The molecule has 1 fully saturated rings. The Balaban J connectivity index is 1.15. The number of benzene rings is 3. The molecule has 2 amide bonds. The van der Waals surface area contributed by atoms with Gasteiger partial charge in [-0.1, -0.05) is 66.6 Å². The van der Waals surface area contributed by atoms with E-state index in [2.05, 4.69) is 52.4 Å². The molecule has 2 atom stereocenters. The molecule has 2 heterocycles. The molecule has 2 aliphatic heterocycles. The van der Waals surface area contributed by atoms with Gasteiger partial charge in [-0.05, 0) is 42.8 Å². The molecule has 0 spiro atoms. The summed E-state index contributed by atoms with van der Waals surface area (Å²) in [5.41, 5.74) is 4.32. The first-order chi connectivity index (χ1) is 18.9. The predicted molar refractivity (Wildman–Crippen MR) is 161 cm³/mol. The minimum Gasteiger partial charge on any atom is -0.369 e. The second-order valence-corrected chi connectivity index (χ2v) is 11.9. The van der Waals surface area contributed by atoms with Gasteiger partial charge in [0.25, 0.3) is 0 Å². The number of aryl methyl sites for hydroxylation is 1. The van der Waals surface area contributed by atoms with Gasteiger partial charge in [0, 0.05) is 54.9 Å². The molecule has 0 aromatic heterocycles. The van der Waals surface area contributed by atoms with Crippen LogP contribution in [0.3, 0.4) is 0 Å². The van der Waals surface area contributed by atoms with Crippen LogP contribution in [0.1, 0.15) is 18.1 Å². The predicted octanol–water partition coefficient (Wildman–Crippen LogP) is 5.23. The molecule has 5 rings (SSSR count). The van der Waals surface area contributed by atoms with Crippen LogP contribution in [0, 0.1) is 12.8 Å². The SMILES string of the molecule is Cc1ccc(CN2C(=O)[C@@H]([C@@H](C)C(=O)NCCN3CCN(c4cccc(Cl)c4)CC3)Sc3ccccc32)cc1. The number of halogens is 1. The average Bonchev–Trinajstić information content (AvgIpc) is 2.95. The molecule has 204 valence electrons. The van der Waals surface area contributed by atoms with E-state index in [4.69, 9.17) is 11.6 Å². The zero-order valence-electron chi connectivity index (χ0n) is 22.5. The van der Waals surface area contributed by atoms with Crippen LogP contribution in [-0.2, 0) is 16.1 Å². The lowest BCUT2D eigenvalue weighted by atomic mass is 10.0. The minimum atomic E-state index is -0.466. The number of fused-ring (bicyclic) bond motifs is 1. The third-order valence-corrected chi connectivity index (χ3v) is 9.22. The van der Waals surface area contributed by atoms with Gasteiger partial charge in [0.1, 0.15) is 5.25 Å². The van der Waals surface area contributed by atoms with Gasteiger partial charge in [-0.3, -0.25) is 14.5 Å². The van der Waals surface area contributed by atoms with Crippen LogP contribution < -0.4 is 15.1 Å². The van der Waals surface area contributed by atoms with Crippen LogP contribution in [0.25, 0.3) is 0 Å². The van der Waals surface area contributed by atoms with Gasteiger partial charge in [0.05, 0.1) is 18.2 Å². The summed E-state index contributed by atoms with van der Waals surface area (Å²) in [6, 6.07) is 24.2. The molecule has 2 aliphatic rings. The summed E-state index contributed by atoms with van der Waals surface area (Å²) in [6.07, 6.45) is 0. The van der Waals surface area contributed by atoms with Crippen molar-refractivity contribution in [1.82, 2.24) is 10.2 Å². The molecule has 3 aromatic rings. The summed E-state index contributed by atoms with van der Waals surface area (Å²) in [5, 5.41) is 3.38. The fraction of sp³-hybridized carbons (Fsp3) is 0.355. The second kappa shape index (κ2) is 12.5. The number of carbonyl (C=O) groups excluding carboxylic acids is 2. The van der Waals surface area contributed by atoms with Crippen LogP contribution >= 0.6 is 23.4 Å². The van der Waals surface area contributed by atoms with Crippen LogP contribution in [0.15, 0.2) is 77.7 Å². The Kier molecular flexibility index (Phi) is 8.80. The molecule has 0 unspecified atom stereocenters. The van der Waals surface area contributed by atoms with Crippen LogP contribution in [0.4, 0.5) is 11.4 Å². The molecule has 1 N–H and O–H groups in total. The topological polar surface area (TPSA) is 55.9 Å². The maximum Gasteiger partial charge on any atom is 0.241 e. The largest absolute Gasteiger partial charge is 0.369 e. The van der Waals surface area contributed by atoms with Gasteiger partial charge >= 0.3 is 0 Å². The lowest BCUT2D eigenvalue weighted by molar-refractivity contribution is -0.128. The number of thioether (sulfide) groups is 1. The number of carbonyl (C=O) groups is 2. The van der Waals surface area contributed by atoms with Crippen LogP contribution in [0.2, 0.25) is 5.02 Å². The van der Waals surface area contributed by atoms with Gasteiger partial charge < -0.3 is 15.1 Å². The van der Waals surface area contributed by atoms with Crippen molar-refractivity contribution in [3.05, 3.63) is 88.9 Å². The maximum absolute atomic E-state index is 13.7. The van der Waals surface area contributed by atoms with Gasteiger partial charge in [-0.25, -0.2) is 0 Å². The van der Waals surface area contributed by atoms with Crippen molar-refractivity contribution in [2.45, 2.75) is 30.5 Å². The summed E-state index contributed by atoms with van der Waals surface area (Å²) >= 11 is 7.65. The molecule has 6 nitrogen and oxygen atoms in total. The van der Waals surface area contributed by atoms with Crippen molar-refractivity contribution in [1.29, 1.82) is 0 Å². The Morgan fingerprint density at radius 1 is 1.03 bits per heavy atom. The number of rotatable bonds is 8. The molecule has 8 heteroatoms. The van der Waals surface area contributed by atoms with Crippen molar-refractivity contribution in [2.75, 3.05) is 49.1 Å². The third kappa shape index (κ3) is 6.60. The lowest BCUT2D eigenvalue weighted by Crippen LogP contribution is -2.50. The zero-order valence-corrected chi connectivity index (χ0v) is 24.0. The van der Waals surface area contributed by atoms with Gasteiger partial charge in [-0.15, -0.1) is 11.8 Å². The van der Waals surface area contributed by atoms with E-state index in [1.54, 1.807) is 0 Å². The maximum atomic E-state index is 13.7. The van der Waals surface area contributed by atoms with E-state index >= 15 is 0 Å². The average molecular weight is 563 g/mol. The Morgan fingerprint density at radius 3 is 2.51 bits per heavy atom. The number of anilines is 2. The summed E-state index contributed by atoms with van der Waals surface area (Å²) in [4.78, 5) is 34.5. The van der Waals surface area contributed by atoms with Crippen molar-refractivity contribution < 1.29 is 9.59 Å². The highest BCUT2D eigenvalue weighted by Gasteiger charge is 2.39. The summed E-state index contributed by atoms with van der Waals surface area (Å²) in [5.74, 6) is -0.539. The molecule has 0 bridgehead atoms. The molecule has 0 saturated carbocycles. The Bertz CT molecular complexity index is 1310. The number of hydrogen-bond donors (Lipinski definition) is 1. The monoisotopic (exact) mass is 562 g/mol. The Hall–Kier alpha value is -3.00. The first-order valence-corrected chi connectivity index (χ1v) is 14.8. The quantitative estimate of drug-likeness (QED) is 0.407. The van der Waals surface area contributed by atoms with E-state index in [0.29, 0.717) is 13.1 Å². The molecule has 1 saturated heterocycles. The van der Waals surface area contributed by atoms with E-state index in [1.165, 1.54) is 17.3 Å². The zero-order chi connectivity index (χ0) is 27.4. The number of hydrogen-bond acceptors (Lipinski definition) is 5. The first-order valence-electron chi connectivity index (χ1n) is 13.5. The summed E-state index contributed by atoms with van der Waals surface area (Å²) in [7, 11) is 0. The Labute approximate surface area is 240 Å². The molecule has 0 aliphatic carbocycles. The van der Waals surface area contributed by atoms with Gasteiger partial charge in [0.15, 0.2) is 0 Å². The number of para-hydroxylation sites is 1.